The SMILES string of the molecule is COc1c(Br)cc(Br)cc1CNCCSC. The molecule has 0 saturated heterocycles. The lowest BCUT2D eigenvalue weighted by molar-refractivity contribution is 0.405. The lowest BCUT2D eigenvalue weighted by Gasteiger charge is -2.12. The first-order valence-corrected chi connectivity index (χ1v) is 7.88. The molecule has 0 radical (unpaired) electrons. The van der Waals surface area contributed by atoms with Crippen molar-refractivity contribution >= 4 is 43.6 Å². The first-order valence-electron chi connectivity index (χ1n) is 4.90. The summed E-state index contributed by atoms with van der Waals surface area (Å²) in [5, 5.41) is 3.39. The van der Waals surface area contributed by atoms with Crippen molar-refractivity contribution in [2.75, 3.05) is 25.7 Å². The molecule has 0 aromatic heterocycles. The second-order valence-electron chi connectivity index (χ2n) is 3.25. The molecule has 0 aliphatic heterocycles. The Morgan fingerprint density at radius 3 is 2.75 bits per heavy atom. The van der Waals surface area contributed by atoms with Crippen LogP contribution in [-0.2, 0) is 6.54 Å². The van der Waals surface area contributed by atoms with E-state index in [2.05, 4.69) is 49.5 Å². The second kappa shape index (κ2) is 7.58. The third kappa shape index (κ3) is 4.28. The molecule has 0 aliphatic carbocycles. The molecular weight excluding hydrogens is 354 g/mol. The molecule has 0 saturated carbocycles. The molecule has 0 atom stereocenters. The highest BCUT2D eigenvalue weighted by Gasteiger charge is 2.08. The van der Waals surface area contributed by atoms with Gasteiger partial charge < -0.3 is 10.1 Å². The van der Waals surface area contributed by atoms with Crippen molar-refractivity contribution in [2.24, 2.45) is 0 Å². The van der Waals surface area contributed by atoms with Gasteiger partial charge in [0.2, 0.25) is 0 Å². The van der Waals surface area contributed by atoms with E-state index in [9.17, 15) is 0 Å². The predicted octanol–water partition coefficient (Wildman–Crippen LogP) is 3.67. The normalized spacial score (nSPS) is 10.5. The van der Waals surface area contributed by atoms with E-state index >= 15 is 0 Å². The maximum Gasteiger partial charge on any atom is 0.137 e. The van der Waals surface area contributed by atoms with Gasteiger partial charge in [-0.2, -0.15) is 11.8 Å². The van der Waals surface area contributed by atoms with Gasteiger partial charge in [0.1, 0.15) is 5.75 Å². The van der Waals surface area contributed by atoms with Crippen LogP contribution in [0.5, 0.6) is 5.75 Å². The Bertz CT molecular complexity index is 347. The van der Waals surface area contributed by atoms with Crippen molar-refractivity contribution in [2.45, 2.75) is 6.54 Å². The van der Waals surface area contributed by atoms with Crippen LogP contribution in [0.3, 0.4) is 0 Å². The van der Waals surface area contributed by atoms with Gasteiger partial charge in [-0.1, -0.05) is 15.9 Å². The topological polar surface area (TPSA) is 21.3 Å². The van der Waals surface area contributed by atoms with E-state index in [0.717, 1.165) is 39.1 Å². The fourth-order valence-electron chi connectivity index (χ4n) is 1.37. The zero-order chi connectivity index (χ0) is 12.0. The molecule has 0 aliphatic rings. The lowest BCUT2D eigenvalue weighted by Crippen LogP contribution is -2.17. The van der Waals surface area contributed by atoms with Gasteiger partial charge in [0.05, 0.1) is 11.6 Å². The number of nitrogens with one attached hydrogen (secondary N) is 1. The lowest BCUT2D eigenvalue weighted by atomic mass is 10.2. The Morgan fingerprint density at radius 2 is 2.12 bits per heavy atom. The summed E-state index contributed by atoms with van der Waals surface area (Å²) in [4.78, 5) is 0. The monoisotopic (exact) mass is 367 g/mol. The molecule has 1 N–H and O–H groups in total. The largest absolute Gasteiger partial charge is 0.495 e. The van der Waals surface area contributed by atoms with Crippen LogP contribution in [0.4, 0.5) is 0 Å². The van der Waals surface area contributed by atoms with Gasteiger partial charge >= 0.3 is 0 Å². The molecule has 0 unspecified atom stereocenters. The Kier molecular flexibility index (Phi) is 6.80. The van der Waals surface area contributed by atoms with E-state index in [1.54, 1.807) is 7.11 Å². The van der Waals surface area contributed by atoms with Crippen LogP contribution in [0.25, 0.3) is 0 Å². The number of ether oxygens (including phenoxy) is 1. The number of benzene rings is 1. The Labute approximate surface area is 118 Å². The van der Waals surface area contributed by atoms with Crippen molar-refractivity contribution in [3.63, 3.8) is 0 Å². The summed E-state index contributed by atoms with van der Waals surface area (Å²) in [5.41, 5.74) is 1.16. The number of rotatable bonds is 6. The molecule has 1 aromatic carbocycles. The van der Waals surface area contributed by atoms with Crippen LogP contribution < -0.4 is 10.1 Å². The second-order valence-corrected chi connectivity index (χ2v) is 6.01. The summed E-state index contributed by atoms with van der Waals surface area (Å²) in [6.07, 6.45) is 2.11. The fraction of sp³-hybridized carbons (Fsp3) is 0.455. The summed E-state index contributed by atoms with van der Waals surface area (Å²) in [6.45, 7) is 1.83. The van der Waals surface area contributed by atoms with Crippen molar-refractivity contribution in [1.29, 1.82) is 0 Å². The Balaban J connectivity index is 2.69. The number of hydrogen-bond acceptors (Lipinski definition) is 3. The summed E-state index contributed by atoms with van der Waals surface area (Å²) in [7, 11) is 1.69. The van der Waals surface area contributed by atoms with E-state index in [-0.39, 0.29) is 0 Å². The zero-order valence-corrected chi connectivity index (χ0v) is 13.3. The van der Waals surface area contributed by atoms with E-state index < -0.39 is 0 Å². The van der Waals surface area contributed by atoms with Crippen LogP contribution in [0.2, 0.25) is 0 Å². The molecular formula is C11H15Br2NOS. The minimum Gasteiger partial charge on any atom is -0.495 e. The van der Waals surface area contributed by atoms with Crippen LogP contribution >= 0.6 is 43.6 Å². The van der Waals surface area contributed by atoms with Crippen molar-refractivity contribution < 1.29 is 4.74 Å². The average molecular weight is 369 g/mol. The molecule has 0 bridgehead atoms. The number of halogens is 2. The molecule has 0 spiro atoms. The Morgan fingerprint density at radius 1 is 1.38 bits per heavy atom. The molecule has 0 heterocycles. The van der Waals surface area contributed by atoms with Gasteiger partial charge in [-0.25, -0.2) is 0 Å². The van der Waals surface area contributed by atoms with Gasteiger partial charge in [0, 0.05) is 28.9 Å². The quantitative estimate of drug-likeness (QED) is 0.774. The number of thioether (sulfide) groups is 1. The molecule has 5 heteroatoms. The molecule has 0 amide bonds. The molecule has 16 heavy (non-hydrogen) atoms. The van der Waals surface area contributed by atoms with Crippen LogP contribution in [0.15, 0.2) is 21.1 Å². The minimum atomic E-state index is 0.821. The third-order valence-corrected chi connectivity index (χ3v) is 3.75. The smallest absolute Gasteiger partial charge is 0.137 e. The van der Waals surface area contributed by atoms with Crippen molar-refractivity contribution in [3.05, 3.63) is 26.6 Å². The van der Waals surface area contributed by atoms with Crippen LogP contribution in [0.1, 0.15) is 5.56 Å². The highest BCUT2D eigenvalue weighted by atomic mass is 79.9. The van der Waals surface area contributed by atoms with Crippen molar-refractivity contribution in [1.82, 2.24) is 5.32 Å². The van der Waals surface area contributed by atoms with Crippen LogP contribution in [0, 0.1) is 0 Å². The molecule has 2 nitrogen and oxygen atoms in total. The third-order valence-electron chi connectivity index (χ3n) is 2.09. The van der Waals surface area contributed by atoms with Crippen LogP contribution in [-0.4, -0.2) is 25.7 Å². The van der Waals surface area contributed by atoms with E-state index in [1.165, 1.54) is 0 Å². The fourth-order valence-corrected chi connectivity index (χ4v) is 3.19. The first-order chi connectivity index (χ1) is 7.69. The highest BCUT2D eigenvalue weighted by molar-refractivity contribution is 9.11. The Hall–Kier alpha value is 0.290. The molecule has 90 valence electrons. The summed E-state index contributed by atoms with van der Waals surface area (Å²) in [5.74, 6) is 2.03. The molecule has 1 rings (SSSR count). The van der Waals surface area contributed by atoms with Gasteiger partial charge in [0.15, 0.2) is 0 Å². The number of methoxy groups -OCH3 is 1. The van der Waals surface area contributed by atoms with E-state index in [0.29, 0.717) is 0 Å². The van der Waals surface area contributed by atoms with Gasteiger partial charge in [-0.3, -0.25) is 0 Å². The standard InChI is InChI=1S/C11H15Br2NOS/c1-15-11-8(7-14-3-4-16-2)5-9(12)6-10(11)13/h5-6,14H,3-4,7H2,1-2H3. The molecule has 0 fully saturated rings. The highest BCUT2D eigenvalue weighted by Crippen LogP contribution is 2.32. The summed E-state index contributed by atoms with van der Waals surface area (Å²) >= 11 is 8.82. The van der Waals surface area contributed by atoms with Gasteiger partial charge in [-0.15, -0.1) is 0 Å². The predicted molar refractivity (Wildman–Crippen MR) is 78.5 cm³/mol. The molecule has 1 aromatic rings. The number of hydrogen-bond donors (Lipinski definition) is 1. The average Bonchev–Trinajstić information content (AvgIpc) is 2.24. The van der Waals surface area contributed by atoms with Crippen molar-refractivity contribution in [3.8, 4) is 5.75 Å². The maximum absolute atomic E-state index is 5.38. The van der Waals surface area contributed by atoms with E-state index in [4.69, 9.17) is 4.74 Å². The zero-order valence-electron chi connectivity index (χ0n) is 9.35. The summed E-state index contributed by atoms with van der Waals surface area (Å²) in [6, 6.07) is 4.07. The van der Waals surface area contributed by atoms with Gasteiger partial charge in [0.25, 0.3) is 0 Å². The van der Waals surface area contributed by atoms with E-state index in [1.807, 2.05) is 17.8 Å². The minimum absolute atomic E-state index is 0.821. The maximum atomic E-state index is 5.38. The van der Waals surface area contributed by atoms with Gasteiger partial charge in [-0.05, 0) is 34.3 Å². The summed E-state index contributed by atoms with van der Waals surface area (Å²) < 4.78 is 7.41. The first kappa shape index (κ1) is 14.4.